The molecule has 2 aliphatic rings. The molecule has 0 bridgehead atoms. The molecule has 1 N–H and O–H groups in total. The van der Waals surface area contributed by atoms with Gasteiger partial charge in [0.2, 0.25) is 0 Å². The molecule has 1 aromatic heterocycles. The molecule has 22 heavy (non-hydrogen) atoms. The smallest absolute Gasteiger partial charge is 0.382 e. The minimum Gasteiger partial charge on any atom is -0.451 e. The number of anilines is 1. The molecule has 6 heteroatoms. The zero-order valence-electron chi connectivity index (χ0n) is 13.0. The molecular formula is C16H24N2O2S2. The van der Waals surface area contributed by atoms with E-state index in [1.165, 1.54) is 42.0 Å². The van der Waals surface area contributed by atoms with Crippen molar-refractivity contribution in [3.63, 3.8) is 0 Å². The highest BCUT2D eigenvalue weighted by atomic mass is 32.2. The van der Waals surface area contributed by atoms with E-state index in [9.17, 15) is 0 Å². The van der Waals surface area contributed by atoms with Crippen LogP contribution in [0, 0.1) is 11.3 Å². The van der Waals surface area contributed by atoms with Gasteiger partial charge < -0.3 is 14.4 Å². The number of nitrogens with one attached hydrogen (secondary N) is 1. The molecule has 1 aliphatic carbocycles. The molecule has 0 amide bonds. The maximum absolute atomic E-state index is 7.80. The monoisotopic (exact) mass is 340 g/mol. The first-order valence-corrected chi connectivity index (χ1v) is 9.99. The molecule has 0 aromatic carbocycles. The summed E-state index contributed by atoms with van der Waals surface area (Å²) in [6.45, 7) is 3.39. The van der Waals surface area contributed by atoms with Crippen LogP contribution in [-0.2, 0) is 9.47 Å². The molecule has 1 saturated carbocycles. The highest BCUT2D eigenvalue weighted by Crippen LogP contribution is 2.42. The first-order valence-electron chi connectivity index (χ1n) is 8.13. The lowest BCUT2D eigenvalue weighted by molar-refractivity contribution is 0.114. The van der Waals surface area contributed by atoms with Crippen molar-refractivity contribution in [1.82, 2.24) is 0 Å². The average Bonchev–Trinajstić information content (AvgIpc) is 3.00. The lowest BCUT2D eigenvalue weighted by Gasteiger charge is -2.39. The number of hydrogen-bond acceptors (Lipinski definition) is 6. The molecule has 3 rings (SSSR count). The fourth-order valence-corrected chi connectivity index (χ4v) is 5.40. The van der Waals surface area contributed by atoms with E-state index in [0.717, 1.165) is 18.2 Å². The van der Waals surface area contributed by atoms with E-state index in [4.69, 9.17) is 14.9 Å². The van der Waals surface area contributed by atoms with Gasteiger partial charge in [-0.2, -0.15) is 0 Å². The van der Waals surface area contributed by atoms with Gasteiger partial charge >= 0.3 is 6.08 Å². The predicted octanol–water partition coefficient (Wildman–Crippen LogP) is 4.55. The Balaban J connectivity index is 1.72. The van der Waals surface area contributed by atoms with E-state index < -0.39 is 0 Å². The van der Waals surface area contributed by atoms with Gasteiger partial charge in [0.1, 0.15) is 0 Å². The first kappa shape index (κ1) is 16.0. The van der Waals surface area contributed by atoms with Crippen molar-refractivity contribution in [2.45, 2.75) is 49.5 Å². The Labute approximate surface area is 140 Å². The average molecular weight is 341 g/mol. The highest BCUT2D eigenvalue weighted by molar-refractivity contribution is 8.01. The molecule has 0 saturated heterocycles. The summed E-state index contributed by atoms with van der Waals surface area (Å²) in [5, 5.41) is 9.96. The molecule has 1 aromatic rings. The summed E-state index contributed by atoms with van der Waals surface area (Å²) in [7, 11) is 0. The third-order valence-electron chi connectivity index (χ3n) is 4.32. The van der Waals surface area contributed by atoms with Crippen LogP contribution in [0.3, 0.4) is 0 Å². The Kier molecular flexibility index (Phi) is 5.52. The quantitative estimate of drug-likeness (QED) is 0.645. The topological polar surface area (TPSA) is 45.6 Å². The Bertz CT molecular complexity index is 500. The van der Waals surface area contributed by atoms with E-state index >= 15 is 0 Å². The van der Waals surface area contributed by atoms with E-state index in [1.807, 2.05) is 18.7 Å². The molecule has 4 nitrogen and oxygen atoms in total. The number of ether oxygens (including phenoxy) is 2. The minimum atomic E-state index is -0.0897. The van der Waals surface area contributed by atoms with Crippen molar-refractivity contribution in [2.24, 2.45) is 5.92 Å². The van der Waals surface area contributed by atoms with Crippen LogP contribution >= 0.6 is 23.1 Å². The van der Waals surface area contributed by atoms with Crippen molar-refractivity contribution in [3.05, 3.63) is 11.4 Å². The van der Waals surface area contributed by atoms with Crippen molar-refractivity contribution in [1.29, 1.82) is 5.41 Å². The normalized spacial score (nSPS) is 22.2. The summed E-state index contributed by atoms with van der Waals surface area (Å²) in [5.74, 6) is 1.60. The van der Waals surface area contributed by atoms with Gasteiger partial charge in [0, 0.05) is 6.54 Å². The number of nitrogens with zero attached hydrogens (tertiary/aromatic N) is 1. The van der Waals surface area contributed by atoms with Crippen LogP contribution in [-0.4, -0.2) is 31.2 Å². The summed E-state index contributed by atoms with van der Waals surface area (Å²) in [4.78, 5) is 2.37. The van der Waals surface area contributed by atoms with Crippen molar-refractivity contribution in [2.75, 3.05) is 23.8 Å². The number of rotatable bonds is 4. The van der Waals surface area contributed by atoms with Crippen LogP contribution in [0.5, 0.6) is 0 Å². The van der Waals surface area contributed by atoms with Crippen LogP contribution in [0.2, 0.25) is 0 Å². The zero-order chi connectivity index (χ0) is 15.4. The minimum absolute atomic E-state index is 0.0552. The Morgan fingerprint density at radius 2 is 2.18 bits per heavy atom. The van der Waals surface area contributed by atoms with E-state index in [2.05, 4.69) is 16.3 Å². The first-order chi connectivity index (χ1) is 10.8. The molecule has 1 atom stereocenters. The predicted molar refractivity (Wildman–Crippen MR) is 93.2 cm³/mol. The van der Waals surface area contributed by atoms with E-state index in [-0.39, 0.29) is 12.3 Å². The molecule has 1 fully saturated rings. The second kappa shape index (κ2) is 7.59. The fraction of sp³-hybridized carbons (Fsp3) is 0.688. The van der Waals surface area contributed by atoms with Crippen molar-refractivity contribution < 1.29 is 9.47 Å². The number of thioether (sulfide) groups is 1. The maximum atomic E-state index is 7.80. The largest absolute Gasteiger partial charge is 0.451 e. The van der Waals surface area contributed by atoms with Gasteiger partial charge in [-0.3, -0.25) is 0 Å². The summed E-state index contributed by atoms with van der Waals surface area (Å²) in [6.07, 6.45) is 6.57. The lowest BCUT2D eigenvalue weighted by Crippen LogP contribution is -2.45. The van der Waals surface area contributed by atoms with Gasteiger partial charge in [0.05, 0.1) is 22.3 Å². The van der Waals surface area contributed by atoms with E-state index in [1.54, 1.807) is 11.3 Å². The number of fused-ring (bicyclic) bond motifs is 1. The Morgan fingerprint density at radius 1 is 1.36 bits per heavy atom. The SMILES string of the molecule is CCOC(=N)OC1CSc2sccc2N1CC1CCCCC1. The molecule has 1 unspecified atom stereocenters. The fourth-order valence-electron chi connectivity index (χ4n) is 3.25. The van der Waals surface area contributed by atoms with Gasteiger partial charge in [-0.15, -0.1) is 23.1 Å². The van der Waals surface area contributed by atoms with Crippen LogP contribution < -0.4 is 4.90 Å². The van der Waals surface area contributed by atoms with Crippen LogP contribution in [0.4, 0.5) is 5.69 Å². The summed E-state index contributed by atoms with van der Waals surface area (Å²) >= 11 is 3.63. The second-order valence-corrected chi connectivity index (χ2v) is 8.06. The molecule has 2 heterocycles. The molecule has 1 aliphatic heterocycles. The van der Waals surface area contributed by atoms with Gasteiger partial charge in [-0.25, -0.2) is 5.41 Å². The van der Waals surface area contributed by atoms with Gasteiger partial charge in [-0.1, -0.05) is 19.3 Å². The standard InChI is InChI=1S/C16H24N2O2S2/c1-2-19-16(17)20-14-11-22-15-13(8-9-21-15)18(14)10-12-6-4-3-5-7-12/h8-9,12,14,17H,2-7,10-11H2,1H3. The summed E-state index contributed by atoms with van der Waals surface area (Å²) in [6, 6.07) is 2.19. The summed E-state index contributed by atoms with van der Waals surface area (Å²) in [5.41, 5.74) is 1.28. The molecule has 122 valence electrons. The highest BCUT2D eigenvalue weighted by Gasteiger charge is 2.32. The second-order valence-electron chi connectivity index (χ2n) is 5.85. The zero-order valence-corrected chi connectivity index (χ0v) is 14.7. The van der Waals surface area contributed by atoms with Crippen LogP contribution in [0.25, 0.3) is 0 Å². The molecular weight excluding hydrogens is 316 g/mol. The third-order valence-corrected chi connectivity index (χ3v) is 6.58. The van der Waals surface area contributed by atoms with Crippen LogP contribution in [0.15, 0.2) is 15.7 Å². The van der Waals surface area contributed by atoms with Crippen molar-refractivity contribution >= 4 is 34.9 Å². The summed E-state index contributed by atoms with van der Waals surface area (Å²) < 4.78 is 12.3. The maximum Gasteiger partial charge on any atom is 0.382 e. The lowest BCUT2D eigenvalue weighted by atomic mass is 9.89. The Hall–Kier alpha value is -0.880. The molecule has 0 radical (unpaired) electrons. The van der Waals surface area contributed by atoms with E-state index in [0.29, 0.717) is 6.61 Å². The van der Waals surface area contributed by atoms with Gasteiger partial charge in [-0.05, 0) is 37.1 Å². The molecule has 0 spiro atoms. The van der Waals surface area contributed by atoms with Gasteiger partial charge in [0.25, 0.3) is 0 Å². The van der Waals surface area contributed by atoms with Gasteiger partial charge in [0.15, 0.2) is 6.23 Å². The Morgan fingerprint density at radius 3 is 2.95 bits per heavy atom. The number of hydrogen-bond donors (Lipinski definition) is 1. The number of thiophene rings is 1. The van der Waals surface area contributed by atoms with Crippen LogP contribution in [0.1, 0.15) is 39.0 Å². The third kappa shape index (κ3) is 3.71. The van der Waals surface area contributed by atoms with Crippen molar-refractivity contribution in [3.8, 4) is 0 Å².